The Bertz CT molecular complexity index is 817. The lowest BCUT2D eigenvalue weighted by Gasteiger charge is -2.10. The minimum absolute atomic E-state index is 0.00924. The van der Waals surface area contributed by atoms with Crippen LogP contribution in [0.15, 0.2) is 43.0 Å². The summed E-state index contributed by atoms with van der Waals surface area (Å²) in [4.78, 5) is 20.3. The van der Waals surface area contributed by atoms with Gasteiger partial charge in [-0.3, -0.25) is 9.48 Å². The fourth-order valence-electron chi connectivity index (χ4n) is 2.50. The van der Waals surface area contributed by atoms with Crippen LogP contribution in [0.25, 0.3) is 10.9 Å². The van der Waals surface area contributed by atoms with Crippen LogP contribution in [-0.4, -0.2) is 32.8 Å². The van der Waals surface area contributed by atoms with Crippen LogP contribution in [0.2, 0.25) is 0 Å². The number of ether oxygens (including phenoxy) is 1. The predicted molar refractivity (Wildman–Crippen MR) is 89.4 cm³/mol. The first kappa shape index (κ1) is 15.9. The van der Waals surface area contributed by atoms with Crippen LogP contribution in [0, 0.1) is 0 Å². The fourth-order valence-corrected chi connectivity index (χ4v) is 2.50. The molecule has 0 bridgehead atoms. The summed E-state index contributed by atoms with van der Waals surface area (Å²) in [5.74, 6) is 0.555. The maximum atomic E-state index is 12.0. The van der Waals surface area contributed by atoms with Gasteiger partial charge in [-0.25, -0.2) is 9.97 Å². The summed E-state index contributed by atoms with van der Waals surface area (Å²) in [6.45, 7) is 1.13. The smallest absolute Gasteiger partial charge is 0.220 e. The van der Waals surface area contributed by atoms with E-state index in [-0.39, 0.29) is 5.91 Å². The second-order valence-electron chi connectivity index (χ2n) is 5.38. The molecule has 7 heteroatoms. The van der Waals surface area contributed by atoms with Gasteiger partial charge in [-0.15, -0.1) is 0 Å². The third-order valence-electron chi connectivity index (χ3n) is 3.72. The van der Waals surface area contributed by atoms with Crippen LogP contribution in [-0.2, 0) is 17.9 Å². The average Bonchev–Trinajstić information content (AvgIpc) is 3.12. The van der Waals surface area contributed by atoms with Crippen molar-refractivity contribution in [3.63, 3.8) is 0 Å². The summed E-state index contributed by atoms with van der Waals surface area (Å²) >= 11 is 0. The van der Waals surface area contributed by atoms with Crippen LogP contribution in [0.5, 0.6) is 5.88 Å². The van der Waals surface area contributed by atoms with Crippen molar-refractivity contribution in [1.29, 1.82) is 0 Å². The second kappa shape index (κ2) is 7.54. The molecule has 0 atom stereocenters. The molecule has 0 saturated carbocycles. The van der Waals surface area contributed by atoms with E-state index < -0.39 is 0 Å². The molecule has 0 unspecified atom stereocenters. The summed E-state index contributed by atoms with van der Waals surface area (Å²) in [6, 6.07) is 9.68. The van der Waals surface area contributed by atoms with Gasteiger partial charge in [0.05, 0.1) is 12.6 Å². The van der Waals surface area contributed by atoms with Crippen LogP contribution in [0.3, 0.4) is 0 Å². The van der Waals surface area contributed by atoms with Gasteiger partial charge in [0.15, 0.2) is 0 Å². The third kappa shape index (κ3) is 3.87. The van der Waals surface area contributed by atoms with Crippen LogP contribution in [0.1, 0.15) is 18.4 Å². The van der Waals surface area contributed by atoms with Crippen LogP contribution in [0.4, 0.5) is 0 Å². The number of nitrogens with zero attached hydrogens (tertiary/aromatic N) is 4. The normalized spacial score (nSPS) is 10.7. The van der Waals surface area contributed by atoms with E-state index >= 15 is 0 Å². The first-order valence-electron chi connectivity index (χ1n) is 7.78. The lowest BCUT2D eigenvalue weighted by molar-refractivity contribution is -0.121. The Morgan fingerprint density at radius 1 is 1.33 bits per heavy atom. The highest BCUT2D eigenvalue weighted by molar-refractivity contribution is 5.83. The molecule has 2 heterocycles. The third-order valence-corrected chi connectivity index (χ3v) is 3.72. The molecule has 0 aliphatic rings. The molecule has 0 radical (unpaired) electrons. The van der Waals surface area contributed by atoms with Crippen molar-refractivity contribution < 1.29 is 9.53 Å². The predicted octanol–water partition coefficient (Wildman–Crippen LogP) is 1.93. The number of aromatic nitrogens is 4. The molecule has 1 aromatic carbocycles. The Morgan fingerprint density at radius 2 is 2.21 bits per heavy atom. The molecular formula is C17H19N5O2. The summed E-state index contributed by atoms with van der Waals surface area (Å²) < 4.78 is 6.95. The topological polar surface area (TPSA) is 81.9 Å². The Kier molecular flexibility index (Phi) is 5.00. The largest absolute Gasteiger partial charge is 0.481 e. The van der Waals surface area contributed by atoms with Gasteiger partial charge in [0.25, 0.3) is 0 Å². The van der Waals surface area contributed by atoms with Crippen molar-refractivity contribution in [2.24, 2.45) is 0 Å². The molecule has 1 N–H and O–H groups in total. The van der Waals surface area contributed by atoms with Crippen molar-refractivity contribution in [2.75, 3.05) is 7.11 Å². The molecule has 3 rings (SSSR count). The Balaban J connectivity index is 1.59. The first-order valence-corrected chi connectivity index (χ1v) is 7.78. The SMILES string of the molecule is COc1cc(CNC(=O)CCCn2cncn2)c2ccccc2n1. The van der Waals surface area contributed by atoms with Crippen molar-refractivity contribution in [3.05, 3.63) is 48.5 Å². The highest BCUT2D eigenvalue weighted by Gasteiger charge is 2.08. The molecule has 0 spiro atoms. The Labute approximate surface area is 139 Å². The van der Waals surface area contributed by atoms with Crippen molar-refractivity contribution in [1.82, 2.24) is 25.1 Å². The standard InChI is InChI=1S/C17H19N5O2/c1-24-17-9-13(14-5-2-3-6-15(14)21-17)10-19-16(23)7-4-8-22-12-18-11-20-22/h2-3,5-6,9,11-12H,4,7-8,10H2,1H3,(H,19,23). The van der Waals surface area contributed by atoms with E-state index in [1.54, 1.807) is 18.1 Å². The number of benzene rings is 1. The zero-order valence-corrected chi connectivity index (χ0v) is 13.5. The molecule has 2 aromatic heterocycles. The maximum Gasteiger partial charge on any atom is 0.220 e. The number of para-hydroxylation sites is 1. The molecule has 0 aliphatic heterocycles. The second-order valence-corrected chi connectivity index (χ2v) is 5.38. The summed E-state index contributed by atoms with van der Waals surface area (Å²) in [5, 5.41) is 7.98. The van der Waals surface area contributed by atoms with E-state index in [1.165, 1.54) is 6.33 Å². The zero-order chi connectivity index (χ0) is 16.8. The van der Waals surface area contributed by atoms with Gasteiger partial charge in [-0.05, 0) is 18.1 Å². The monoisotopic (exact) mass is 325 g/mol. The van der Waals surface area contributed by atoms with Crippen LogP contribution >= 0.6 is 0 Å². The van der Waals surface area contributed by atoms with E-state index in [0.29, 0.717) is 25.4 Å². The molecule has 1 amide bonds. The van der Waals surface area contributed by atoms with Gasteiger partial charge < -0.3 is 10.1 Å². The summed E-state index contributed by atoms with van der Waals surface area (Å²) in [5.41, 5.74) is 1.84. The minimum Gasteiger partial charge on any atom is -0.481 e. The van der Waals surface area contributed by atoms with Crippen molar-refractivity contribution in [2.45, 2.75) is 25.9 Å². The van der Waals surface area contributed by atoms with Gasteiger partial charge in [-0.2, -0.15) is 5.10 Å². The lowest BCUT2D eigenvalue weighted by Crippen LogP contribution is -2.23. The highest BCUT2D eigenvalue weighted by Crippen LogP contribution is 2.21. The van der Waals surface area contributed by atoms with Gasteiger partial charge >= 0.3 is 0 Å². The average molecular weight is 325 g/mol. The molecule has 0 saturated heterocycles. The zero-order valence-electron chi connectivity index (χ0n) is 13.5. The molecule has 7 nitrogen and oxygen atoms in total. The van der Waals surface area contributed by atoms with E-state index in [1.807, 2.05) is 30.3 Å². The molecule has 0 aliphatic carbocycles. The maximum absolute atomic E-state index is 12.0. The van der Waals surface area contributed by atoms with Crippen LogP contribution < -0.4 is 10.1 Å². The molecule has 24 heavy (non-hydrogen) atoms. The number of carbonyl (C=O) groups excluding carboxylic acids is 1. The number of rotatable bonds is 7. The molecule has 124 valence electrons. The number of hydrogen-bond acceptors (Lipinski definition) is 5. The summed E-state index contributed by atoms with van der Waals surface area (Å²) in [7, 11) is 1.59. The lowest BCUT2D eigenvalue weighted by atomic mass is 10.1. The fraction of sp³-hybridized carbons (Fsp3) is 0.294. The Morgan fingerprint density at radius 3 is 3.00 bits per heavy atom. The minimum atomic E-state index is 0.00924. The number of aryl methyl sites for hydroxylation is 1. The number of hydrogen-bond donors (Lipinski definition) is 1. The number of carbonyl (C=O) groups is 1. The van der Waals surface area contributed by atoms with Gasteiger partial charge in [0.2, 0.25) is 11.8 Å². The van der Waals surface area contributed by atoms with E-state index in [0.717, 1.165) is 22.9 Å². The van der Waals surface area contributed by atoms with E-state index in [4.69, 9.17) is 4.74 Å². The molecular weight excluding hydrogens is 306 g/mol. The van der Waals surface area contributed by atoms with E-state index in [9.17, 15) is 4.79 Å². The van der Waals surface area contributed by atoms with Gasteiger partial charge in [0, 0.05) is 31.0 Å². The highest BCUT2D eigenvalue weighted by atomic mass is 16.5. The molecule has 0 fully saturated rings. The first-order chi connectivity index (χ1) is 11.8. The molecule has 3 aromatic rings. The summed E-state index contributed by atoms with van der Waals surface area (Å²) in [6.07, 6.45) is 4.30. The van der Waals surface area contributed by atoms with Gasteiger partial charge in [-0.1, -0.05) is 18.2 Å². The quantitative estimate of drug-likeness (QED) is 0.718. The number of methoxy groups -OCH3 is 1. The number of pyridine rings is 1. The van der Waals surface area contributed by atoms with Crippen molar-refractivity contribution in [3.8, 4) is 5.88 Å². The van der Waals surface area contributed by atoms with E-state index in [2.05, 4.69) is 20.4 Å². The number of amides is 1. The van der Waals surface area contributed by atoms with Gasteiger partial charge in [0.1, 0.15) is 12.7 Å². The number of fused-ring (bicyclic) bond motifs is 1. The Hall–Kier alpha value is -2.96. The van der Waals surface area contributed by atoms with Crippen molar-refractivity contribution >= 4 is 16.8 Å². The number of nitrogens with one attached hydrogen (secondary N) is 1.